The Morgan fingerprint density at radius 3 is 2.47 bits per heavy atom. The van der Waals surface area contributed by atoms with Crippen molar-refractivity contribution in [1.82, 2.24) is 0 Å². The van der Waals surface area contributed by atoms with Crippen LogP contribution in [0.1, 0.15) is 11.1 Å². The molecule has 0 unspecified atom stereocenters. The molecule has 0 bridgehead atoms. The standard InChI is InChI=1S/C10H10F3NO/c1-14-9(15-2)7-4-3-5-8(6-7)10(11,12)13/h3-6H,1-2H3. The highest BCUT2D eigenvalue weighted by atomic mass is 19.4. The Labute approximate surface area is 85.4 Å². The van der Waals surface area contributed by atoms with Gasteiger partial charge in [0.2, 0.25) is 5.90 Å². The summed E-state index contributed by atoms with van der Waals surface area (Å²) in [6.07, 6.45) is -4.34. The molecule has 0 aromatic heterocycles. The van der Waals surface area contributed by atoms with E-state index in [1.807, 2.05) is 0 Å². The van der Waals surface area contributed by atoms with Crippen molar-refractivity contribution in [1.29, 1.82) is 0 Å². The Bertz CT molecular complexity index is 371. The first-order valence-corrected chi connectivity index (χ1v) is 4.17. The molecule has 5 heteroatoms. The van der Waals surface area contributed by atoms with Crippen molar-refractivity contribution in [3.05, 3.63) is 35.4 Å². The summed E-state index contributed by atoms with van der Waals surface area (Å²) in [7, 11) is 2.82. The predicted octanol–water partition coefficient (Wildman–Crippen LogP) is 2.73. The smallest absolute Gasteiger partial charge is 0.416 e. The third-order valence-electron chi connectivity index (χ3n) is 1.83. The van der Waals surface area contributed by atoms with E-state index in [1.54, 1.807) is 0 Å². The second-order valence-corrected chi connectivity index (χ2v) is 2.81. The summed E-state index contributed by atoms with van der Waals surface area (Å²) in [6.45, 7) is 0. The van der Waals surface area contributed by atoms with Gasteiger partial charge >= 0.3 is 6.18 Å². The minimum atomic E-state index is -4.34. The zero-order valence-electron chi connectivity index (χ0n) is 8.30. The first-order valence-electron chi connectivity index (χ1n) is 4.17. The van der Waals surface area contributed by atoms with Crippen LogP contribution in [0.5, 0.6) is 0 Å². The molecule has 0 fully saturated rings. The van der Waals surface area contributed by atoms with Crippen LogP contribution in [-0.2, 0) is 10.9 Å². The van der Waals surface area contributed by atoms with Crippen LogP contribution in [0, 0.1) is 0 Å². The normalized spacial score (nSPS) is 12.7. The fourth-order valence-electron chi connectivity index (χ4n) is 1.17. The van der Waals surface area contributed by atoms with E-state index in [2.05, 4.69) is 4.99 Å². The topological polar surface area (TPSA) is 21.6 Å². The molecule has 0 saturated carbocycles. The van der Waals surface area contributed by atoms with Crippen molar-refractivity contribution in [2.75, 3.05) is 14.2 Å². The van der Waals surface area contributed by atoms with Crippen molar-refractivity contribution in [2.45, 2.75) is 6.18 Å². The average molecular weight is 217 g/mol. The first kappa shape index (κ1) is 11.6. The summed E-state index contributed by atoms with van der Waals surface area (Å²) in [6, 6.07) is 4.85. The number of rotatable bonds is 1. The van der Waals surface area contributed by atoms with Crippen molar-refractivity contribution in [3.63, 3.8) is 0 Å². The van der Waals surface area contributed by atoms with Gasteiger partial charge in [0.1, 0.15) is 0 Å². The summed E-state index contributed by atoms with van der Waals surface area (Å²) in [5, 5.41) is 0. The van der Waals surface area contributed by atoms with Crippen LogP contribution in [-0.4, -0.2) is 20.1 Å². The van der Waals surface area contributed by atoms with E-state index < -0.39 is 11.7 Å². The van der Waals surface area contributed by atoms with Gasteiger partial charge in [-0.1, -0.05) is 6.07 Å². The summed E-state index contributed by atoms with van der Waals surface area (Å²) in [4.78, 5) is 3.73. The first-order chi connectivity index (χ1) is 6.99. The number of ether oxygens (including phenoxy) is 1. The third kappa shape index (κ3) is 2.71. The van der Waals surface area contributed by atoms with Gasteiger partial charge in [-0.2, -0.15) is 13.2 Å². The second-order valence-electron chi connectivity index (χ2n) is 2.81. The molecule has 2 nitrogen and oxygen atoms in total. The Kier molecular flexibility index (Phi) is 3.34. The van der Waals surface area contributed by atoms with Crippen LogP contribution in [0.15, 0.2) is 29.3 Å². The van der Waals surface area contributed by atoms with Crippen molar-refractivity contribution in [3.8, 4) is 0 Å². The molecule has 0 heterocycles. The van der Waals surface area contributed by atoms with E-state index in [-0.39, 0.29) is 5.90 Å². The largest absolute Gasteiger partial charge is 0.481 e. The number of nitrogens with zero attached hydrogens (tertiary/aromatic N) is 1. The predicted molar refractivity (Wildman–Crippen MR) is 50.9 cm³/mol. The molecule has 0 aliphatic heterocycles. The van der Waals surface area contributed by atoms with E-state index in [1.165, 1.54) is 26.3 Å². The van der Waals surface area contributed by atoms with Crippen molar-refractivity contribution in [2.24, 2.45) is 4.99 Å². The minimum absolute atomic E-state index is 0.182. The minimum Gasteiger partial charge on any atom is -0.481 e. The lowest BCUT2D eigenvalue weighted by atomic mass is 10.1. The molecule has 0 aliphatic rings. The van der Waals surface area contributed by atoms with Gasteiger partial charge in [0.05, 0.1) is 12.7 Å². The third-order valence-corrected chi connectivity index (χ3v) is 1.83. The molecule has 0 saturated heterocycles. The van der Waals surface area contributed by atoms with Gasteiger partial charge in [-0.3, -0.25) is 4.99 Å². The van der Waals surface area contributed by atoms with Gasteiger partial charge in [0.15, 0.2) is 0 Å². The monoisotopic (exact) mass is 217 g/mol. The zero-order chi connectivity index (χ0) is 11.5. The number of hydrogen-bond acceptors (Lipinski definition) is 2. The van der Waals surface area contributed by atoms with Crippen molar-refractivity contribution >= 4 is 5.90 Å². The van der Waals surface area contributed by atoms with Crippen LogP contribution in [0.2, 0.25) is 0 Å². The Hall–Kier alpha value is -1.52. The number of aliphatic imine (C=N–C) groups is 1. The van der Waals surface area contributed by atoms with Gasteiger partial charge in [0, 0.05) is 12.6 Å². The second kappa shape index (κ2) is 4.33. The van der Waals surface area contributed by atoms with Crippen LogP contribution in [0.25, 0.3) is 0 Å². The van der Waals surface area contributed by atoms with E-state index in [0.717, 1.165) is 12.1 Å². The quantitative estimate of drug-likeness (QED) is 0.523. The Morgan fingerprint density at radius 1 is 1.33 bits per heavy atom. The number of halogens is 3. The molecule has 0 aliphatic carbocycles. The summed E-state index contributed by atoms with van der Waals surface area (Å²) < 4.78 is 41.9. The number of alkyl halides is 3. The molecule has 1 aromatic carbocycles. The molecule has 1 aromatic rings. The molecule has 1 rings (SSSR count). The number of benzene rings is 1. The highest BCUT2D eigenvalue weighted by Gasteiger charge is 2.30. The van der Waals surface area contributed by atoms with Gasteiger partial charge in [0.25, 0.3) is 0 Å². The lowest BCUT2D eigenvalue weighted by Gasteiger charge is -2.09. The highest BCUT2D eigenvalue weighted by Crippen LogP contribution is 2.29. The molecular formula is C10H10F3NO. The van der Waals surface area contributed by atoms with Crippen LogP contribution >= 0.6 is 0 Å². The molecule has 0 atom stereocenters. The van der Waals surface area contributed by atoms with E-state index >= 15 is 0 Å². The fourth-order valence-corrected chi connectivity index (χ4v) is 1.17. The average Bonchev–Trinajstić information content (AvgIpc) is 2.19. The van der Waals surface area contributed by atoms with Crippen LogP contribution in [0.4, 0.5) is 13.2 Å². The summed E-state index contributed by atoms with van der Waals surface area (Å²) in [5.41, 5.74) is -0.395. The molecule has 15 heavy (non-hydrogen) atoms. The molecule has 82 valence electrons. The van der Waals surface area contributed by atoms with Gasteiger partial charge in [-0.25, -0.2) is 0 Å². The van der Waals surface area contributed by atoms with E-state index in [9.17, 15) is 13.2 Å². The summed E-state index contributed by atoms with van der Waals surface area (Å²) in [5.74, 6) is 0.182. The Balaban J connectivity index is 3.14. The van der Waals surface area contributed by atoms with Gasteiger partial charge in [-0.15, -0.1) is 0 Å². The van der Waals surface area contributed by atoms with Crippen LogP contribution in [0.3, 0.4) is 0 Å². The van der Waals surface area contributed by atoms with Crippen molar-refractivity contribution < 1.29 is 17.9 Å². The zero-order valence-corrected chi connectivity index (χ0v) is 8.30. The summed E-state index contributed by atoms with van der Waals surface area (Å²) >= 11 is 0. The van der Waals surface area contributed by atoms with E-state index in [0.29, 0.717) is 5.56 Å². The lowest BCUT2D eigenvalue weighted by molar-refractivity contribution is -0.137. The number of hydrogen-bond donors (Lipinski definition) is 0. The van der Waals surface area contributed by atoms with Gasteiger partial charge in [-0.05, 0) is 18.2 Å². The molecule has 0 N–H and O–H groups in total. The molecule has 0 spiro atoms. The van der Waals surface area contributed by atoms with E-state index in [4.69, 9.17) is 4.74 Å². The SMILES string of the molecule is CN=C(OC)c1cccc(C(F)(F)F)c1. The molecular weight excluding hydrogens is 207 g/mol. The number of methoxy groups -OCH3 is 1. The molecule has 0 amide bonds. The maximum absolute atomic E-state index is 12.4. The Morgan fingerprint density at radius 2 is 2.00 bits per heavy atom. The van der Waals surface area contributed by atoms with Crippen LogP contribution < -0.4 is 0 Å². The molecule has 0 radical (unpaired) electrons. The fraction of sp³-hybridized carbons (Fsp3) is 0.300. The lowest BCUT2D eigenvalue weighted by Crippen LogP contribution is -2.08. The highest BCUT2D eigenvalue weighted by molar-refractivity contribution is 5.94. The maximum atomic E-state index is 12.4. The maximum Gasteiger partial charge on any atom is 0.416 e. The van der Waals surface area contributed by atoms with Gasteiger partial charge < -0.3 is 4.74 Å².